The number of nitrogens with one attached hydrogen (secondary N) is 1. The van der Waals surface area contributed by atoms with E-state index in [4.69, 9.17) is 9.26 Å². The van der Waals surface area contributed by atoms with Crippen molar-refractivity contribution < 1.29 is 28.0 Å². The standard InChI is InChI=1S/C22H26FN5O5S/c1-13-18(14(2)33-25-13)19(29)27-8-6-26(7-9-27)17-5-4-15(10-16(17)23)28-12-22(3,32-21(28)31)11-24-20(30)34/h4-5,10H,6-9,11-12H2,1-3H3,(H2,24,30,34)/t22-/m0/s1. The average Bonchev–Trinajstić information content (AvgIpc) is 3.29. The molecule has 2 saturated heterocycles. The number of piperazine rings is 1. The average molecular weight is 492 g/mol. The Kier molecular flexibility index (Phi) is 6.43. The molecule has 0 saturated carbocycles. The van der Waals surface area contributed by atoms with Crippen molar-refractivity contribution in [3.05, 3.63) is 41.0 Å². The SMILES string of the molecule is Cc1noc(C)c1C(=O)N1CCN(c2ccc(N3C[C@](C)(CNC(=O)S)OC3=O)cc2F)CC1. The van der Waals surface area contributed by atoms with Crippen molar-refractivity contribution in [2.75, 3.05) is 49.1 Å². The lowest BCUT2D eigenvalue weighted by Crippen LogP contribution is -2.49. The summed E-state index contributed by atoms with van der Waals surface area (Å²) in [5, 5.41) is 5.82. The second-order valence-electron chi connectivity index (χ2n) is 8.68. The van der Waals surface area contributed by atoms with Gasteiger partial charge in [0.15, 0.2) is 0 Å². The van der Waals surface area contributed by atoms with Crippen LogP contribution in [0.3, 0.4) is 0 Å². The fourth-order valence-electron chi connectivity index (χ4n) is 4.27. The highest BCUT2D eigenvalue weighted by molar-refractivity contribution is 7.96. The topological polar surface area (TPSA) is 108 Å². The Hall–Kier alpha value is -3.28. The summed E-state index contributed by atoms with van der Waals surface area (Å²) in [5.41, 5.74) is 0.832. The van der Waals surface area contributed by atoms with E-state index in [9.17, 15) is 14.4 Å². The summed E-state index contributed by atoms with van der Waals surface area (Å²) >= 11 is 3.65. The zero-order chi connectivity index (χ0) is 24.6. The number of benzene rings is 1. The molecule has 0 spiro atoms. The molecule has 10 nitrogen and oxygen atoms in total. The minimum Gasteiger partial charge on any atom is -0.439 e. The number of carbonyl (C=O) groups excluding carboxylic acids is 3. The fourth-order valence-corrected chi connectivity index (χ4v) is 4.34. The van der Waals surface area contributed by atoms with Gasteiger partial charge in [0.1, 0.15) is 22.7 Å². The largest absolute Gasteiger partial charge is 0.439 e. The van der Waals surface area contributed by atoms with E-state index in [1.807, 2.05) is 4.90 Å². The Morgan fingerprint density at radius 1 is 1.24 bits per heavy atom. The van der Waals surface area contributed by atoms with Gasteiger partial charge in [-0.2, -0.15) is 0 Å². The maximum absolute atomic E-state index is 15.1. The van der Waals surface area contributed by atoms with Crippen LogP contribution in [0.5, 0.6) is 0 Å². The Morgan fingerprint density at radius 2 is 1.94 bits per heavy atom. The molecular formula is C22H26FN5O5S. The summed E-state index contributed by atoms with van der Waals surface area (Å²) in [6.07, 6.45) is -0.616. The van der Waals surface area contributed by atoms with E-state index in [2.05, 4.69) is 23.1 Å². The molecule has 12 heteroatoms. The maximum atomic E-state index is 15.1. The van der Waals surface area contributed by atoms with Gasteiger partial charge in [-0.15, -0.1) is 0 Å². The van der Waals surface area contributed by atoms with Crippen molar-refractivity contribution in [3.63, 3.8) is 0 Å². The number of hydrogen-bond acceptors (Lipinski definition) is 7. The van der Waals surface area contributed by atoms with Crippen molar-refractivity contribution in [3.8, 4) is 0 Å². The Morgan fingerprint density at radius 3 is 2.53 bits per heavy atom. The minimum absolute atomic E-state index is 0.0923. The first-order valence-electron chi connectivity index (χ1n) is 10.8. The third-order valence-electron chi connectivity index (χ3n) is 6.06. The third-order valence-corrected chi connectivity index (χ3v) is 6.22. The van der Waals surface area contributed by atoms with Gasteiger partial charge in [-0.25, -0.2) is 9.18 Å². The first-order chi connectivity index (χ1) is 16.1. The third kappa shape index (κ3) is 4.67. The molecule has 2 aromatic rings. The molecule has 3 heterocycles. The number of aryl methyl sites for hydroxylation is 2. The van der Waals surface area contributed by atoms with Crippen LogP contribution in [0.4, 0.5) is 25.4 Å². The van der Waals surface area contributed by atoms with Crippen LogP contribution in [0.1, 0.15) is 28.7 Å². The molecular weight excluding hydrogens is 465 g/mol. The number of nitrogens with zero attached hydrogens (tertiary/aromatic N) is 4. The van der Waals surface area contributed by atoms with E-state index < -0.39 is 22.8 Å². The van der Waals surface area contributed by atoms with E-state index in [1.54, 1.807) is 37.8 Å². The predicted octanol–water partition coefficient (Wildman–Crippen LogP) is 2.75. The summed E-state index contributed by atoms with van der Waals surface area (Å²) in [5.74, 6) is -0.138. The van der Waals surface area contributed by atoms with Crippen LogP contribution in [-0.2, 0) is 4.74 Å². The number of hydrogen-bond donors (Lipinski definition) is 2. The first kappa shape index (κ1) is 23.9. The van der Waals surface area contributed by atoms with Crippen LogP contribution in [0.2, 0.25) is 0 Å². The van der Waals surface area contributed by atoms with Gasteiger partial charge in [-0.05, 0) is 39.0 Å². The van der Waals surface area contributed by atoms with Crippen LogP contribution in [0.15, 0.2) is 22.7 Å². The fraction of sp³-hybridized carbons (Fsp3) is 0.455. The van der Waals surface area contributed by atoms with Gasteiger partial charge in [0, 0.05) is 26.2 Å². The molecule has 4 rings (SSSR count). The van der Waals surface area contributed by atoms with E-state index in [-0.39, 0.29) is 19.0 Å². The highest BCUT2D eigenvalue weighted by Gasteiger charge is 2.42. The summed E-state index contributed by atoms with van der Waals surface area (Å²) in [4.78, 5) is 41.2. The van der Waals surface area contributed by atoms with E-state index >= 15 is 4.39 Å². The monoisotopic (exact) mass is 491 g/mol. The zero-order valence-corrected chi connectivity index (χ0v) is 20.0. The molecule has 1 aromatic carbocycles. The molecule has 34 heavy (non-hydrogen) atoms. The number of ether oxygens (including phenoxy) is 1. The van der Waals surface area contributed by atoms with Gasteiger partial charge in [-0.1, -0.05) is 17.8 Å². The summed E-state index contributed by atoms with van der Waals surface area (Å²) in [6, 6.07) is 4.57. The van der Waals surface area contributed by atoms with Gasteiger partial charge in [0.25, 0.3) is 11.1 Å². The molecule has 0 unspecified atom stereocenters. The summed E-state index contributed by atoms with van der Waals surface area (Å²) < 4.78 is 25.5. The molecule has 182 valence electrons. The lowest BCUT2D eigenvalue weighted by Gasteiger charge is -2.36. The quantitative estimate of drug-likeness (QED) is 0.619. The second kappa shape index (κ2) is 9.16. The van der Waals surface area contributed by atoms with Gasteiger partial charge < -0.3 is 24.4 Å². The molecule has 2 aliphatic rings. The number of rotatable bonds is 5. The van der Waals surface area contributed by atoms with Crippen LogP contribution in [0.25, 0.3) is 0 Å². The Bertz CT molecular complexity index is 1110. The Balaban J connectivity index is 1.41. The highest BCUT2D eigenvalue weighted by Crippen LogP contribution is 2.31. The number of cyclic esters (lactones) is 1. The molecule has 3 amide bonds. The lowest BCUT2D eigenvalue weighted by molar-refractivity contribution is 0.0736. The first-order valence-corrected chi connectivity index (χ1v) is 11.3. The molecule has 2 aliphatic heterocycles. The van der Waals surface area contributed by atoms with Crippen molar-refractivity contribution in [2.24, 2.45) is 0 Å². The van der Waals surface area contributed by atoms with Crippen LogP contribution >= 0.6 is 12.6 Å². The molecule has 0 aliphatic carbocycles. The molecule has 1 N–H and O–H groups in total. The lowest BCUT2D eigenvalue weighted by atomic mass is 10.1. The summed E-state index contributed by atoms with van der Waals surface area (Å²) in [7, 11) is 0. The van der Waals surface area contributed by atoms with Crippen LogP contribution in [-0.4, -0.2) is 72.2 Å². The number of amides is 3. The summed E-state index contributed by atoms with van der Waals surface area (Å²) in [6.45, 7) is 7.13. The number of carbonyl (C=O) groups is 3. The van der Waals surface area contributed by atoms with Crippen molar-refractivity contribution in [2.45, 2.75) is 26.4 Å². The highest BCUT2D eigenvalue weighted by atomic mass is 32.1. The number of halogens is 1. The smallest absolute Gasteiger partial charge is 0.415 e. The van der Waals surface area contributed by atoms with E-state index in [0.717, 1.165) is 0 Å². The van der Waals surface area contributed by atoms with Crippen LogP contribution < -0.4 is 15.1 Å². The minimum atomic E-state index is -0.950. The van der Waals surface area contributed by atoms with Crippen molar-refractivity contribution >= 4 is 41.2 Å². The predicted molar refractivity (Wildman–Crippen MR) is 125 cm³/mol. The number of anilines is 2. The molecule has 0 bridgehead atoms. The van der Waals surface area contributed by atoms with Gasteiger partial charge in [0.05, 0.1) is 30.2 Å². The zero-order valence-electron chi connectivity index (χ0n) is 19.1. The Labute approximate surface area is 201 Å². The number of aromatic nitrogens is 1. The van der Waals surface area contributed by atoms with Crippen molar-refractivity contribution in [1.82, 2.24) is 15.4 Å². The normalized spacial score (nSPS) is 20.5. The molecule has 0 radical (unpaired) electrons. The van der Waals surface area contributed by atoms with E-state index in [1.165, 1.54) is 11.0 Å². The molecule has 1 atom stereocenters. The molecule has 2 fully saturated rings. The van der Waals surface area contributed by atoms with E-state index in [0.29, 0.717) is 54.6 Å². The van der Waals surface area contributed by atoms with Gasteiger partial charge in [-0.3, -0.25) is 14.5 Å². The molecule has 1 aromatic heterocycles. The maximum Gasteiger partial charge on any atom is 0.415 e. The van der Waals surface area contributed by atoms with Gasteiger partial charge in [0.2, 0.25) is 0 Å². The van der Waals surface area contributed by atoms with Crippen LogP contribution in [0, 0.1) is 19.7 Å². The van der Waals surface area contributed by atoms with Crippen molar-refractivity contribution in [1.29, 1.82) is 0 Å². The number of thiol groups is 1. The second-order valence-corrected chi connectivity index (χ2v) is 9.08. The van der Waals surface area contributed by atoms with Gasteiger partial charge >= 0.3 is 6.09 Å².